The molecule has 2 fully saturated rings. The number of fused-ring (bicyclic) bond motifs is 2. The van der Waals surface area contributed by atoms with Crippen molar-refractivity contribution >= 4 is 28.8 Å². The highest BCUT2D eigenvalue weighted by Crippen LogP contribution is 2.38. The average Bonchev–Trinajstić information content (AvgIpc) is 3.44. The van der Waals surface area contributed by atoms with Crippen molar-refractivity contribution in [1.82, 2.24) is 14.7 Å². The topological polar surface area (TPSA) is 132 Å². The molecule has 3 aliphatic rings. The number of nitrogens with two attached hydrogens (primary N) is 1. The Morgan fingerprint density at radius 2 is 1.58 bits per heavy atom. The molecule has 3 N–H and O–H groups in total. The van der Waals surface area contributed by atoms with E-state index in [-0.39, 0.29) is 10.6 Å². The summed E-state index contributed by atoms with van der Waals surface area (Å²) in [5, 5.41) is 19.5. The summed E-state index contributed by atoms with van der Waals surface area (Å²) in [7, 11) is 0. The SMILES string of the molecule is NC(=O)c1c(-c2ccc(Oc3ccccc3)cc2)nn2c1Nc1cc(C3CCN(CC4CCN(c5ccc([N+](=O)[O-])cc5)CC4)CC3)ccc1CC2. The molecule has 0 radical (unpaired) electrons. The maximum atomic E-state index is 12.9. The van der Waals surface area contributed by atoms with Gasteiger partial charge in [0.2, 0.25) is 0 Å². The van der Waals surface area contributed by atoms with Crippen LogP contribution in [0.25, 0.3) is 11.3 Å². The number of anilines is 3. The molecule has 0 saturated carbocycles. The van der Waals surface area contributed by atoms with Crippen molar-refractivity contribution in [3.8, 4) is 22.8 Å². The van der Waals surface area contributed by atoms with Crippen LogP contribution in [0, 0.1) is 16.0 Å². The minimum absolute atomic E-state index is 0.136. The molecule has 1 aromatic heterocycles. The minimum Gasteiger partial charge on any atom is -0.457 e. The molecule has 11 nitrogen and oxygen atoms in total. The van der Waals surface area contributed by atoms with Crippen LogP contribution in [0.1, 0.15) is 53.1 Å². The Morgan fingerprint density at radius 3 is 2.27 bits per heavy atom. The number of non-ortho nitro benzene ring substituents is 1. The van der Waals surface area contributed by atoms with Gasteiger partial charge in [0, 0.05) is 55.2 Å². The molecule has 0 spiro atoms. The van der Waals surface area contributed by atoms with Crippen LogP contribution < -0.4 is 20.7 Å². The highest BCUT2D eigenvalue weighted by Gasteiger charge is 2.29. The zero-order chi connectivity index (χ0) is 35.6. The first-order valence-electron chi connectivity index (χ1n) is 18.2. The van der Waals surface area contributed by atoms with E-state index in [2.05, 4.69) is 33.3 Å². The van der Waals surface area contributed by atoms with Gasteiger partial charge in [-0.1, -0.05) is 30.3 Å². The van der Waals surface area contributed by atoms with Crippen molar-refractivity contribution in [3.05, 3.63) is 124 Å². The van der Waals surface area contributed by atoms with Gasteiger partial charge in [-0.15, -0.1) is 0 Å². The van der Waals surface area contributed by atoms with Gasteiger partial charge in [0.25, 0.3) is 11.6 Å². The number of carbonyl (C=O) groups is 1. The lowest BCUT2D eigenvalue weighted by Crippen LogP contribution is -2.41. The summed E-state index contributed by atoms with van der Waals surface area (Å²) in [6, 6.07) is 30.9. The molecule has 3 aliphatic heterocycles. The van der Waals surface area contributed by atoms with Gasteiger partial charge in [-0.05, 0) is 123 Å². The van der Waals surface area contributed by atoms with E-state index in [1.807, 2.05) is 71.4 Å². The van der Waals surface area contributed by atoms with Crippen molar-refractivity contribution < 1.29 is 14.5 Å². The van der Waals surface area contributed by atoms with E-state index in [9.17, 15) is 14.9 Å². The van der Waals surface area contributed by atoms with Crippen LogP contribution in [-0.2, 0) is 13.0 Å². The van der Waals surface area contributed by atoms with Gasteiger partial charge in [-0.2, -0.15) is 5.10 Å². The molecule has 4 heterocycles. The maximum absolute atomic E-state index is 12.9. The second-order valence-corrected chi connectivity index (χ2v) is 14.2. The summed E-state index contributed by atoms with van der Waals surface area (Å²) in [5.41, 5.74) is 12.5. The van der Waals surface area contributed by atoms with E-state index >= 15 is 0 Å². The van der Waals surface area contributed by atoms with Crippen LogP contribution in [-0.4, -0.2) is 58.2 Å². The molecular weight excluding hydrogens is 654 g/mol. The Labute approximate surface area is 303 Å². The number of piperidine rings is 2. The van der Waals surface area contributed by atoms with E-state index < -0.39 is 5.91 Å². The number of benzene rings is 4. The molecule has 0 unspecified atom stereocenters. The number of aryl methyl sites for hydroxylation is 2. The highest BCUT2D eigenvalue weighted by molar-refractivity contribution is 6.04. The van der Waals surface area contributed by atoms with Crippen LogP contribution in [0.4, 0.5) is 22.9 Å². The lowest BCUT2D eigenvalue weighted by molar-refractivity contribution is -0.384. The Hall–Kier alpha value is -5.68. The Balaban J connectivity index is 0.896. The van der Waals surface area contributed by atoms with Crippen LogP contribution in [0.5, 0.6) is 11.5 Å². The fourth-order valence-corrected chi connectivity index (χ4v) is 8.00. The number of nitro groups is 1. The molecule has 1 amide bonds. The van der Waals surface area contributed by atoms with Crippen molar-refractivity contribution in [2.75, 3.05) is 42.9 Å². The number of nitrogens with one attached hydrogen (secondary N) is 1. The van der Waals surface area contributed by atoms with Crippen LogP contribution in [0.2, 0.25) is 0 Å². The lowest BCUT2D eigenvalue weighted by atomic mass is 9.87. The number of amides is 1. The molecular formula is C41H43N7O4. The number of carbonyl (C=O) groups excluding carboxylic acids is 1. The third kappa shape index (κ3) is 7.09. The summed E-state index contributed by atoms with van der Waals surface area (Å²) < 4.78 is 7.84. The highest BCUT2D eigenvalue weighted by atomic mass is 16.6. The lowest BCUT2D eigenvalue weighted by Gasteiger charge is -2.38. The minimum atomic E-state index is -0.516. The van der Waals surface area contributed by atoms with E-state index in [4.69, 9.17) is 15.6 Å². The van der Waals surface area contributed by atoms with E-state index in [1.54, 1.807) is 12.1 Å². The summed E-state index contributed by atoms with van der Waals surface area (Å²) in [4.78, 5) is 28.6. The molecule has 52 heavy (non-hydrogen) atoms. The predicted molar refractivity (Wildman–Crippen MR) is 203 cm³/mol. The van der Waals surface area contributed by atoms with Crippen molar-refractivity contribution in [1.29, 1.82) is 0 Å². The number of ether oxygens (including phenoxy) is 1. The Kier molecular flexibility index (Phi) is 9.34. The molecule has 11 heteroatoms. The number of para-hydroxylation sites is 1. The Morgan fingerprint density at radius 1 is 0.865 bits per heavy atom. The number of primary amides is 1. The Bertz CT molecular complexity index is 2050. The third-order valence-electron chi connectivity index (χ3n) is 10.9. The van der Waals surface area contributed by atoms with Crippen molar-refractivity contribution in [3.63, 3.8) is 0 Å². The summed E-state index contributed by atoms with van der Waals surface area (Å²) >= 11 is 0. The molecule has 266 valence electrons. The second kappa shape index (κ2) is 14.5. The molecule has 4 aromatic carbocycles. The maximum Gasteiger partial charge on any atom is 0.269 e. The number of nitrogens with zero attached hydrogens (tertiary/aromatic N) is 5. The van der Waals surface area contributed by atoms with Gasteiger partial charge in [-0.3, -0.25) is 14.9 Å². The summed E-state index contributed by atoms with van der Waals surface area (Å²) in [6.07, 6.45) is 5.28. The molecule has 0 bridgehead atoms. The quantitative estimate of drug-likeness (QED) is 0.118. The fourth-order valence-electron chi connectivity index (χ4n) is 8.00. The monoisotopic (exact) mass is 697 g/mol. The normalized spacial score (nSPS) is 16.7. The molecule has 2 saturated heterocycles. The van der Waals surface area contributed by atoms with Gasteiger partial charge < -0.3 is 25.6 Å². The predicted octanol–water partition coefficient (Wildman–Crippen LogP) is 7.75. The summed E-state index contributed by atoms with van der Waals surface area (Å²) in [6.45, 7) is 5.88. The van der Waals surface area contributed by atoms with Crippen molar-refractivity contribution in [2.24, 2.45) is 11.7 Å². The smallest absolute Gasteiger partial charge is 0.269 e. The molecule has 0 atom stereocenters. The fraction of sp³-hybridized carbons (Fsp3) is 0.317. The average molecular weight is 698 g/mol. The largest absolute Gasteiger partial charge is 0.457 e. The van der Waals surface area contributed by atoms with Crippen molar-refractivity contribution in [2.45, 2.75) is 44.6 Å². The standard InChI is InChI=1S/C41H43N7O4/c42-40(49)38-39(31-8-14-36(15-9-31)52-35-4-2-1-3-5-35)44-47-25-20-30-6-7-32(26-37(30)43-41(38)47)29-18-21-45(22-19-29)27-28-16-23-46(24-17-28)33-10-12-34(13-11-33)48(50)51/h1-15,26,28-29,43H,16-25,27H2,(H2,42,49). The number of nitro benzene ring substituents is 1. The van der Waals surface area contributed by atoms with E-state index in [1.165, 1.54) is 11.1 Å². The zero-order valence-corrected chi connectivity index (χ0v) is 29.1. The van der Waals surface area contributed by atoms with Gasteiger partial charge in [0.05, 0.1) is 4.92 Å². The number of rotatable bonds is 9. The summed E-state index contributed by atoms with van der Waals surface area (Å²) in [5.74, 6) is 2.71. The zero-order valence-electron chi connectivity index (χ0n) is 29.1. The number of hydrogen-bond acceptors (Lipinski definition) is 8. The van der Waals surface area contributed by atoms with Crippen LogP contribution in [0.15, 0.2) is 97.1 Å². The molecule has 0 aliphatic carbocycles. The number of aromatic nitrogens is 2. The second-order valence-electron chi connectivity index (χ2n) is 14.2. The molecule has 5 aromatic rings. The first-order chi connectivity index (χ1) is 25.4. The van der Waals surface area contributed by atoms with Gasteiger partial charge in [-0.25, -0.2) is 4.68 Å². The van der Waals surface area contributed by atoms with Crippen LogP contribution in [0.3, 0.4) is 0 Å². The van der Waals surface area contributed by atoms with Crippen LogP contribution >= 0.6 is 0 Å². The first kappa shape index (κ1) is 33.5. The van der Waals surface area contributed by atoms with Gasteiger partial charge >= 0.3 is 0 Å². The third-order valence-corrected chi connectivity index (χ3v) is 10.9. The van der Waals surface area contributed by atoms with Gasteiger partial charge in [0.15, 0.2) is 0 Å². The number of hydrogen-bond donors (Lipinski definition) is 2. The molecule has 8 rings (SSSR count). The van der Waals surface area contributed by atoms with Gasteiger partial charge in [0.1, 0.15) is 28.6 Å². The van der Waals surface area contributed by atoms with E-state index in [0.29, 0.717) is 41.2 Å². The first-order valence-corrected chi connectivity index (χ1v) is 18.2. The van der Waals surface area contributed by atoms with E-state index in [0.717, 1.165) is 87.5 Å². The number of likely N-dealkylation sites (tertiary alicyclic amines) is 1.